The van der Waals surface area contributed by atoms with Gasteiger partial charge in [0.15, 0.2) is 0 Å². The van der Waals surface area contributed by atoms with Gasteiger partial charge < -0.3 is 4.90 Å². The topological polar surface area (TPSA) is 101 Å². The SMILES string of the molecule is O=C(Nc1nnc(Cc2ccccc2)s1)c1ccc(N2CCCCC2)c([N+](=O)[O-])c1. The number of piperidine rings is 1. The van der Waals surface area contributed by atoms with E-state index in [1.165, 1.54) is 17.4 Å². The van der Waals surface area contributed by atoms with Crippen LogP contribution in [0.15, 0.2) is 48.5 Å². The van der Waals surface area contributed by atoms with E-state index in [0.29, 0.717) is 17.2 Å². The zero-order valence-electron chi connectivity index (χ0n) is 16.3. The van der Waals surface area contributed by atoms with E-state index >= 15 is 0 Å². The molecule has 1 fully saturated rings. The van der Waals surface area contributed by atoms with Crippen molar-refractivity contribution in [3.8, 4) is 0 Å². The molecule has 0 unspecified atom stereocenters. The second-order valence-electron chi connectivity index (χ2n) is 7.13. The van der Waals surface area contributed by atoms with Crippen molar-refractivity contribution in [2.75, 3.05) is 23.3 Å². The molecule has 2 heterocycles. The average Bonchev–Trinajstić information content (AvgIpc) is 3.21. The van der Waals surface area contributed by atoms with Gasteiger partial charge in [0.1, 0.15) is 10.7 Å². The fourth-order valence-corrected chi connectivity index (χ4v) is 4.30. The predicted molar refractivity (Wildman–Crippen MR) is 116 cm³/mol. The van der Waals surface area contributed by atoms with Crippen molar-refractivity contribution < 1.29 is 9.72 Å². The fraction of sp³-hybridized carbons (Fsp3) is 0.286. The number of hydrogen-bond donors (Lipinski definition) is 1. The molecule has 8 nitrogen and oxygen atoms in total. The van der Waals surface area contributed by atoms with E-state index < -0.39 is 10.8 Å². The highest BCUT2D eigenvalue weighted by atomic mass is 32.1. The summed E-state index contributed by atoms with van der Waals surface area (Å²) in [7, 11) is 0. The summed E-state index contributed by atoms with van der Waals surface area (Å²) in [5, 5.41) is 23.6. The number of carbonyl (C=O) groups is 1. The number of amides is 1. The van der Waals surface area contributed by atoms with Gasteiger partial charge in [-0.25, -0.2) is 0 Å². The van der Waals surface area contributed by atoms with Gasteiger partial charge in [0.25, 0.3) is 11.6 Å². The number of rotatable bonds is 6. The first kappa shape index (κ1) is 20.0. The molecular weight excluding hydrogens is 402 g/mol. The zero-order chi connectivity index (χ0) is 20.9. The summed E-state index contributed by atoms with van der Waals surface area (Å²) in [6.07, 6.45) is 3.80. The number of anilines is 2. The van der Waals surface area contributed by atoms with Crippen LogP contribution in [0.4, 0.5) is 16.5 Å². The molecule has 30 heavy (non-hydrogen) atoms. The second-order valence-corrected chi connectivity index (χ2v) is 8.19. The van der Waals surface area contributed by atoms with E-state index in [2.05, 4.69) is 15.5 Å². The van der Waals surface area contributed by atoms with Gasteiger partial charge in [0.05, 0.1) is 4.92 Å². The van der Waals surface area contributed by atoms with Crippen LogP contribution in [0.2, 0.25) is 0 Å². The van der Waals surface area contributed by atoms with Crippen LogP contribution in [0.3, 0.4) is 0 Å². The lowest BCUT2D eigenvalue weighted by atomic mass is 10.1. The molecule has 1 aromatic heterocycles. The lowest BCUT2D eigenvalue weighted by molar-refractivity contribution is -0.384. The third-order valence-electron chi connectivity index (χ3n) is 5.02. The van der Waals surface area contributed by atoms with Crippen molar-refractivity contribution in [2.45, 2.75) is 25.7 Å². The normalized spacial score (nSPS) is 13.8. The van der Waals surface area contributed by atoms with Gasteiger partial charge in [-0.05, 0) is 37.0 Å². The maximum absolute atomic E-state index is 12.6. The smallest absolute Gasteiger partial charge is 0.293 e. The van der Waals surface area contributed by atoms with Crippen molar-refractivity contribution in [3.63, 3.8) is 0 Å². The van der Waals surface area contributed by atoms with Crippen molar-refractivity contribution in [1.82, 2.24) is 10.2 Å². The van der Waals surface area contributed by atoms with E-state index in [0.717, 1.165) is 42.9 Å². The third kappa shape index (κ3) is 4.62. The maximum atomic E-state index is 12.6. The Hall–Kier alpha value is -3.33. The van der Waals surface area contributed by atoms with Gasteiger partial charge in [-0.3, -0.25) is 20.2 Å². The van der Waals surface area contributed by atoms with Crippen molar-refractivity contribution >= 4 is 33.8 Å². The van der Waals surface area contributed by atoms with Crippen LogP contribution in [0, 0.1) is 10.1 Å². The van der Waals surface area contributed by atoms with Crippen LogP contribution >= 0.6 is 11.3 Å². The van der Waals surface area contributed by atoms with Crippen molar-refractivity contribution in [3.05, 3.63) is 74.8 Å². The lowest BCUT2D eigenvalue weighted by Crippen LogP contribution is -2.30. The molecule has 3 aromatic rings. The van der Waals surface area contributed by atoms with Crippen LogP contribution in [0.1, 0.15) is 40.2 Å². The molecule has 0 radical (unpaired) electrons. The zero-order valence-corrected chi connectivity index (χ0v) is 17.1. The number of benzene rings is 2. The van der Waals surface area contributed by atoms with Crippen LogP contribution in [0.5, 0.6) is 0 Å². The van der Waals surface area contributed by atoms with Gasteiger partial charge in [-0.1, -0.05) is 41.7 Å². The Kier molecular flexibility index (Phi) is 5.99. The second kappa shape index (κ2) is 9.00. The molecule has 0 bridgehead atoms. The summed E-state index contributed by atoms with van der Waals surface area (Å²) in [4.78, 5) is 25.8. The minimum atomic E-state index is -0.439. The largest absolute Gasteiger partial charge is 0.366 e. The van der Waals surface area contributed by atoms with Crippen molar-refractivity contribution in [2.24, 2.45) is 0 Å². The van der Waals surface area contributed by atoms with Gasteiger partial charge >= 0.3 is 0 Å². The highest BCUT2D eigenvalue weighted by molar-refractivity contribution is 7.15. The molecule has 0 spiro atoms. The average molecular weight is 423 g/mol. The third-order valence-corrected chi connectivity index (χ3v) is 5.86. The van der Waals surface area contributed by atoms with E-state index in [4.69, 9.17) is 0 Å². The minimum Gasteiger partial charge on any atom is -0.366 e. The van der Waals surface area contributed by atoms with Crippen LogP contribution in [-0.2, 0) is 6.42 Å². The van der Waals surface area contributed by atoms with Crippen molar-refractivity contribution in [1.29, 1.82) is 0 Å². The molecule has 0 atom stereocenters. The number of nitro groups is 1. The monoisotopic (exact) mass is 423 g/mol. The molecule has 4 rings (SSSR count). The molecule has 2 aromatic carbocycles. The Morgan fingerprint density at radius 2 is 1.87 bits per heavy atom. The molecule has 0 saturated carbocycles. The van der Waals surface area contributed by atoms with Gasteiger partial charge in [-0.2, -0.15) is 0 Å². The first-order valence-electron chi connectivity index (χ1n) is 9.81. The standard InChI is InChI=1S/C21H21N5O3S/c27-20(22-21-24-23-19(30-21)13-15-7-3-1-4-8-15)16-9-10-17(18(14-16)26(28)29)25-11-5-2-6-12-25/h1,3-4,7-10,14H,2,5-6,11-13H2,(H,22,24,27). The minimum absolute atomic E-state index is 0.0495. The Labute approximate surface area is 177 Å². The van der Waals surface area contributed by atoms with Gasteiger partial charge in [-0.15, -0.1) is 10.2 Å². The molecule has 1 amide bonds. The number of nitro benzene ring substituents is 1. The summed E-state index contributed by atoms with van der Waals surface area (Å²) >= 11 is 1.29. The summed E-state index contributed by atoms with van der Waals surface area (Å²) in [6, 6.07) is 14.5. The molecule has 154 valence electrons. The fourth-order valence-electron chi connectivity index (χ4n) is 3.53. The predicted octanol–water partition coefficient (Wildman–Crippen LogP) is 4.28. The van der Waals surface area contributed by atoms with Gasteiger partial charge in [0, 0.05) is 31.1 Å². The first-order chi connectivity index (χ1) is 14.6. The van der Waals surface area contributed by atoms with E-state index in [1.807, 2.05) is 35.2 Å². The number of aromatic nitrogens is 2. The summed E-state index contributed by atoms with van der Waals surface area (Å²) in [5.74, 6) is -0.439. The highest BCUT2D eigenvalue weighted by Crippen LogP contribution is 2.31. The van der Waals surface area contributed by atoms with Gasteiger partial charge in [0.2, 0.25) is 5.13 Å². The Balaban J connectivity index is 1.48. The molecule has 1 aliphatic rings. The van der Waals surface area contributed by atoms with E-state index in [1.54, 1.807) is 12.1 Å². The van der Waals surface area contributed by atoms with Crippen LogP contribution in [0.25, 0.3) is 0 Å². The molecule has 1 N–H and O–H groups in total. The number of carbonyl (C=O) groups excluding carboxylic acids is 1. The number of nitrogens with zero attached hydrogens (tertiary/aromatic N) is 4. The maximum Gasteiger partial charge on any atom is 0.293 e. The van der Waals surface area contributed by atoms with Crippen LogP contribution in [-0.4, -0.2) is 34.1 Å². The van der Waals surface area contributed by atoms with Crippen LogP contribution < -0.4 is 10.2 Å². The van der Waals surface area contributed by atoms with E-state index in [-0.39, 0.29) is 11.3 Å². The molecule has 1 aliphatic heterocycles. The lowest BCUT2D eigenvalue weighted by Gasteiger charge is -2.28. The first-order valence-corrected chi connectivity index (χ1v) is 10.6. The van der Waals surface area contributed by atoms with E-state index in [9.17, 15) is 14.9 Å². The Morgan fingerprint density at radius 3 is 2.60 bits per heavy atom. The quantitative estimate of drug-likeness (QED) is 0.469. The molecule has 0 aliphatic carbocycles. The summed E-state index contributed by atoms with van der Waals surface area (Å²) < 4.78 is 0. The Bertz CT molecular complexity index is 1050. The summed E-state index contributed by atoms with van der Waals surface area (Å²) in [5.41, 5.74) is 1.85. The molecular formula is C21H21N5O3S. The number of hydrogen-bond acceptors (Lipinski definition) is 7. The molecule has 1 saturated heterocycles. The Morgan fingerprint density at radius 1 is 1.10 bits per heavy atom. The summed E-state index contributed by atoms with van der Waals surface area (Å²) in [6.45, 7) is 1.59. The highest BCUT2D eigenvalue weighted by Gasteiger charge is 2.23. The number of nitrogens with one attached hydrogen (secondary N) is 1. The molecule has 9 heteroatoms.